The standard InChI is InChI=1S/C13H15N5O7/c19-6(2-15-12(21)22)1-7-4-18(13(23)25-7)8-3-14-11-10(16-8)17-9(20)5-24-11/h3,6-7,15,19H,1-2,4-5H2,(H,21,22)(H,16,17,20). The molecule has 1 saturated heterocycles. The van der Waals surface area contributed by atoms with E-state index in [1.54, 1.807) is 0 Å². The first-order chi connectivity index (χ1) is 11.9. The molecule has 12 nitrogen and oxygen atoms in total. The number of aliphatic hydroxyl groups excluding tert-OH is 1. The quantitative estimate of drug-likeness (QED) is 0.528. The summed E-state index contributed by atoms with van der Waals surface area (Å²) in [5, 5.41) is 22.8. The Hall–Kier alpha value is -3.15. The zero-order valence-corrected chi connectivity index (χ0v) is 12.8. The summed E-state index contributed by atoms with van der Waals surface area (Å²) in [5.74, 6) is 0.0448. The summed E-state index contributed by atoms with van der Waals surface area (Å²) in [7, 11) is 0. The maximum Gasteiger partial charge on any atom is 0.415 e. The first-order valence-corrected chi connectivity index (χ1v) is 7.35. The summed E-state index contributed by atoms with van der Waals surface area (Å²) in [6, 6.07) is 0. The van der Waals surface area contributed by atoms with E-state index < -0.39 is 24.4 Å². The summed E-state index contributed by atoms with van der Waals surface area (Å²) >= 11 is 0. The van der Waals surface area contributed by atoms with E-state index in [9.17, 15) is 19.5 Å². The third-order valence-electron chi connectivity index (χ3n) is 3.50. The van der Waals surface area contributed by atoms with E-state index in [1.807, 2.05) is 5.32 Å². The minimum Gasteiger partial charge on any atom is -0.465 e. The molecule has 2 aliphatic heterocycles. The van der Waals surface area contributed by atoms with Gasteiger partial charge in [0.15, 0.2) is 18.2 Å². The lowest BCUT2D eigenvalue weighted by Crippen LogP contribution is -2.34. The van der Waals surface area contributed by atoms with Gasteiger partial charge in [-0.25, -0.2) is 19.6 Å². The van der Waals surface area contributed by atoms with Crippen LogP contribution in [0.4, 0.5) is 21.2 Å². The smallest absolute Gasteiger partial charge is 0.415 e. The molecule has 0 spiro atoms. The normalized spacial score (nSPS) is 20.2. The molecule has 3 amide bonds. The first-order valence-electron chi connectivity index (χ1n) is 7.35. The van der Waals surface area contributed by atoms with Gasteiger partial charge in [-0.05, 0) is 0 Å². The fourth-order valence-electron chi connectivity index (χ4n) is 2.41. The van der Waals surface area contributed by atoms with Crippen LogP contribution in [0, 0.1) is 0 Å². The van der Waals surface area contributed by atoms with Gasteiger partial charge in [0.25, 0.3) is 11.8 Å². The fourth-order valence-corrected chi connectivity index (χ4v) is 2.41. The van der Waals surface area contributed by atoms with Crippen LogP contribution in [0.25, 0.3) is 0 Å². The molecule has 0 aromatic carbocycles. The average Bonchev–Trinajstić information content (AvgIpc) is 2.92. The molecule has 2 unspecified atom stereocenters. The molecule has 2 aliphatic rings. The Morgan fingerprint density at radius 3 is 3.08 bits per heavy atom. The highest BCUT2D eigenvalue weighted by molar-refractivity contribution is 5.94. The van der Waals surface area contributed by atoms with Crippen molar-refractivity contribution in [3.8, 4) is 5.88 Å². The first kappa shape index (κ1) is 16.7. The fraction of sp³-hybridized carbons (Fsp3) is 0.462. The van der Waals surface area contributed by atoms with Crippen molar-refractivity contribution in [3.63, 3.8) is 0 Å². The molecule has 25 heavy (non-hydrogen) atoms. The van der Waals surface area contributed by atoms with E-state index in [1.165, 1.54) is 11.1 Å². The van der Waals surface area contributed by atoms with Crippen LogP contribution >= 0.6 is 0 Å². The number of anilines is 2. The van der Waals surface area contributed by atoms with Gasteiger partial charge in [0.2, 0.25) is 0 Å². The molecule has 3 heterocycles. The predicted octanol–water partition coefficient (Wildman–Crippen LogP) is -0.849. The maximum absolute atomic E-state index is 12.0. The number of amides is 3. The number of nitrogens with zero attached hydrogens (tertiary/aromatic N) is 3. The predicted molar refractivity (Wildman–Crippen MR) is 80.4 cm³/mol. The van der Waals surface area contributed by atoms with Gasteiger partial charge in [0.05, 0.1) is 18.8 Å². The molecule has 2 atom stereocenters. The lowest BCUT2D eigenvalue weighted by molar-refractivity contribution is -0.118. The Kier molecular flexibility index (Phi) is 4.52. The minimum absolute atomic E-state index is 0.0563. The zero-order chi connectivity index (χ0) is 18.0. The number of carbonyl (C=O) groups is 3. The number of cyclic esters (lactones) is 1. The summed E-state index contributed by atoms with van der Waals surface area (Å²) in [5.41, 5.74) is 0. The number of carboxylic acid groups (broad SMARTS) is 1. The molecule has 3 rings (SSSR count). The largest absolute Gasteiger partial charge is 0.465 e. The number of hydrogen-bond acceptors (Lipinski definition) is 8. The van der Waals surface area contributed by atoms with E-state index >= 15 is 0 Å². The number of aliphatic hydroxyl groups is 1. The number of fused-ring (bicyclic) bond motifs is 1. The van der Waals surface area contributed by atoms with Crippen LogP contribution in [0.1, 0.15) is 6.42 Å². The summed E-state index contributed by atoms with van der Waals surface area (Å²) in [4.78, 5) is 43.0. The lowest BCUT2D eigenvalue weighted by atomic mass is 10.1. The van der Waals surface area contributed by atoms with Crippen LogP contribution in [0.15, 0.2) is 6.20 Å². The van der Waals surface area contributed by atoms with Crippen molar-refractivity contribution in [1.29, 1.82) is 0 Å². The molecule has 0 radical (unpaired) electrons. The van der Waals surface area contributed by atoms with Crippen molar-refractivity contribution in [2.75, 3.05) is 29.9 Å². The van der Waals surface area contributed by atoms with Gasteiger partial charge in [-0.2, -0.15) is 0 Å². The van der Waals surface area contributed by atoms with Crippen molar-refractivity contribution < 1.29 is 34.1 Å². The van der Waals surface area contributed by atoms with Crippen LogP contribution in [0.3, 0.4) is 0 Å². The van der Waals surface area contributed by atoms with Gasteiger partial charge >= 0.3 is 12.2 Å². The Labute approximate surface area is 140 Å². The van der Waals surface area contributed by atoms with E-state index in [-0.39, 0.29) is 49.5 Å². The summed E-state index contributed by atoms with van der Waals surface area (Å²) in [6.07, 6.45) is -2.21. The molecule has 12 heteroatoms. The number of nitrogens with one attached hydrogen (secondary N) is 2. The molecule has 1 fully saturated rings. The summed E-state index contributed by atoms with van der Waals surface area (Å²) < 4.78 is 10.2. The van der Waals surface area contributed by atoms with Gasteiger partial charge < -0.3 is 30.3 Å². The monoisotopic (exact) mass is 353 g/mol. The molecule has 134 valence electrons. The Morgan fingerprint density at radius 1 is 1.52 bits per heavy atom. The van der Waals surface area contributed by atoms with E-state index in [2.05, 4.69) is 15.3 Å². The molecule has 0 aliphatic carbocycles. The van der Waals surface area contributed by atoms with Gasteiger partial charge in [-0.15, -0.1) is 0 Å². The molecular formula is C13H15N5O7. The molecule has 4 N–H and O–H groups in total. The van der Waals surface area contributed by atoms with E-state index in [0.717, 1.165) is 0 Å². The number of carbonyl (C=O) groups excluding carboxylic acids is 2. The number of hydrogen-bond donors (Lipinski definition) is 4. The van der Waals surface area contributed by atoms with Crippen molar-refractivity contribution in [2.45, 2.75) is 18.6 Å². The molecule has 1 aromatic heterocycles. The highest BCUT2D eigenvalue weighted by Crippen LogP contribution is 2.28. The van der Waals surface area contributed by atoms with Gasteiger partial charge in [-0.1, -0.05) is 0 Å². The topological polar surface area (TPSA) is 163 Å². The Morgan fingerprint density at radius 2 is 2.32 bits per heavy atom. The third kappa shape index (κ3) is 3.85. The second-order valence-corrected chi connectivity index (χ2v) is 5.41. The third-order valence-corrected chi connectivity index (χ3v) is 3.50. The van der Waals surface area contributed by atoms with Crippen LogP contribution in [0.2, 0.25) is 0 Å². The van der Waals surface area contributed by atoms with Crippen LogP contribution < -0.4 is 20.3 Å². The highest BCUT2D eigenvalue weighted by Gasteiger charge is 2.35. The molecule has 0 bridgehead atoms. The van der Waals surface area contributed by atoms with Gasteiger partial charge in [0, 0.05) is 13.0 Å². The van der Waals surface area contributed by atoms with Crippen molar-refractivity contribution in [1.82, 2.24) is 15.3 Å². The van der Waals surface area contributed by atoms with E-state index in [4.69, 9.17) is 14.6 Å². The number of ether oxygens (including phenoxy) is 2. The lowest BCUT2D eigenvalue weighted by Gasteiger charge is -2.18. The van der Waals surface area contributed by atoms with Crippen molar-refractivity contribution in [2.24, 2.45) is 0 Å². The molecule has 1 aromatic rings. The second kappa shape index (κ2) is 6.76. The molecule has 0 saturated carbocycles. The average molecular weight is 353 g/mol. The minimum atomic E-state index is -1.25. The second-order valence-electron chi connectivity index (χ2n) is 5.41. The van der Waals surface area contributed by atoms with Crippen LogP contribution in [0.5, 0.6) is 5.88 Å². The Balaban J connectivity index is 1.64. The van der Waals surface area contributed by atoms with Gasteiger partial charge in [-0.3, -0.25) is 9.69 Å². The highest BCUT2D eigenvalue weighted by atomic mass is 16.6. The number of aromatic nitrogens is 2. The summed E-state index contributed by atoms with van der Waals surface area (Å²) in [6.45, 7) is -0.228. The molecular weight excluding hydrogens is 338 g/mol. The van der Waals surface area contributed by atoms with Crippen LogP contribution in [-0.2, 0) is 9.53 Å². The number of rotatable bonds is 5. The SMILES string of the molecule is O=C(O)NCC(O)CC1CN(c2cnc3c(n2)NC(=O)CO3)C(=O)O1. The Bertz CT molecular complexity index is 712. The van der Waals surface area contributed by atoms with Crippen LogP contribution in [-0.4, -0.2) is 70.2 Å². The maximum atomic E-state index is 12.0. The van der Waals surface area contributed by atoms with Gasteiger partial charge in [0.1, 0.15) is 6.10 Å². The van der Waals surface area contributed by atoms with Crippen molar-refractivity contribution >= 4 is 29.7 Å². The van der Waals surface area contributed by atoms with E-state index in [0.29, 0.717) is 0 Å². The zero-order valence-electron chi connectivity index (χ0n) is 12.8. The van der Waals surface area contributed by atoms with Crippen molar-refractivity contribution in [3.05, 3.63) is 6.20 Å².